The summed E-state index contributed by atoms with van der Waals surface area (Å²) in [5, 5.41) is 9.08. The Balaban J connectivity index is 2.17. The van der Waals surface area contributed by atoms with Gasteiger partial charge in [0.25, 0.3) is 11.5 Å². The molecular formula is C14H15N3O3. The molecule has 0 bridgehead atoms. The normalized spacial score (nSPS) is 10.2. The minimum absolute atomic E-state index is 0.137. The maximum Gasteiger partial charge on any atom is 0.274 e. The number of aliphatic hydroxyl groups is 1. The number of H-pyrrole nitrogens is 1. The van der Waals surface area contributed by atoms with E-state index < -0.39 is 0 Å². The van der Waals surface area contributed by atoms with Crippen molar-refractivity contribution in [3.63, 3.8) is 0 Å². The zero-order chi connectivity index (χ0) is 14.4. The van der Waals surface area contributed by atoms with E-state index in [2.05, 4.69) is 9.97 Å². The van der Waals surface area contributed by atoms with E-state index in [1.54, 1.807) is 0 Å². The van der Waals surface area contributed by atoms with Crippen LogP contribution < -0.4 is 5.56 Å². The molecule has 6 heteroatoms. The summed E-state index contributed by atoms with van der Waals surface area (Å²) < 4.78 is 0. The summed E-state index contributed by atoms with van der Waals surface area (Å²) in [5.41, 5.74) is 0.742. The van der Waals surface area contributed by atoms with Crippen LogP contribution in [0.15, 0.2) is 47.5 Å². The lowest BCUT2D eigenvalue weighted by atomic mass is 10.2. The topological polar surface area (TPSA) is 86.3 Å². The number of aliphatic hydroxyl groups excluding tert-OH is 1. The number of nitrogens with zero attached hydrogens (tertiary/aromatic N) is 2. The Kier molecular flexibility index (Phi) is 4.62. The Morgan fingerprint density at radius 3 is 2.65 bits per heavy atom. The first-order chi connectivity index (χ1) is 9.70. The highest BCUT2D eigenvalue weighted by Crippen LogP contribution is 2.07. The summed E-state index contributed by atoms with van der Waals surface area (Å²) in [4.78, 5) is 30.9. The molecule has 2 aromatic rings. The van der Waals surface area contributed by atoms with Gasteiger partial charge in [0.05, 0.1) is 12.8 Å². The third-order valence-corrected chi connectivity index (χ3v) is 2.76. The van der Waals surface area contributed by atoms with E-state index in [4.69, 9.17) is 5.11 Å². The summed E-state index contributed by atoms with van der Waals surface area (Å²) >= 11 is 0. The number of hydrogen-bond acceptors (Lipinski definition) is 4. The van der Waals surface area contributed by atoms with Crippen LogP contribution in [-0.2, 0) is 6.54 Å². The SMILES string of the molecule is O=C(c1c[nH]c(=O)cn1)N(CCO)Cc1ccccc1. The number of aromatic amines is 1. The van der Waals surface area contributed by atoms with E-state index in [1.165, 1.54) is 11.1 Å². The Bertz CT molecular complexity index is 605. The molecule has 0 spiro atoms. The molecule has 0 unspecified atom stereocenters. The lowest BCUT2D eigenvalue weighted by Crippen LogP contribution is -2.34. The van der Waals surface area contributed by atoms with Gasteiger partial charge in [-0.2, -0.15) is 0 Å². The monoisotopic (exact) mass is 273 g/mol. The van der Waals surface area contributed by atoms with Crippen LogP contribution in [0.5, 0.6) is 0 Å². The standard InChI is InChI=1S/C14H15N3O3/c18-7-6-17(10-11-4-2-1-3-5-11)14(20)12-8-16-13(19)9-15-12/h1-5,8-9,18H,6-7,10H2,(H,16,19). The number of hydrogen-bond donors (Lipinski definition) is 2. The number of benzene rings is 1. The molecule has 104 valence electrons. The first-order valence-electron chi connectivity index (χ1n) is 6.19. The fourth-order valence-electron chi connectivity index (χ4n) is 1.80. The fraction of sp³-hybridized carbons (Fsp3) is 0.214. The van der Waals surface area contributed by atoms with Crippen LogP contribution in [-0.4, -0.2) is 39.0 Å². The minimum atomic E-state index is -0.363. The van der Waals surface area contributed by atoms with Gasteiger partial charge in [-0.1, -0.05) is 30.3 Å². The van der Waals surface area contributed by atoms with Gasteiger partial charge in [-0.3, -0.25) is 9.59 Å². The Hall–Kier alpha value is -2.47. The fourth-order valence-corrected chi connectivity index (χ4v) is 1.80. The van der Waals surface area contributed by atoms with Crippen molar-refractivity contribution in [1.82, 2.24) is 14.9 Å². The van der Waals surface area contributed by atoms with E-state index in [-0.39, 0.29) is 30.3 Å². The summed E-state index contributed by atoms with van der Waals surface area (Å²) in [6.07, 6.45) is 2.34. The van der Waals surface area contributed by atoms with Crippen molar-refractivity contribution < 1.29 is 9.90 Å². The largest absolute Gasteiger partial charge is 0.395 e. The van der Waals surface area contributed by atoms with Gasteiger partial charge in [-0.15, -0.1) is 0 Å². The summed E-state index contributed by atoms with van der Waals surface area (Å²) in [6, 6.07) is 9.46. The van der Waals surface area contributed by atoms with E-state index in [1.807, 2.05) is 30.3 Å². The predicted molar refractivity (Wildman–Crippen MR) is 73.1 cm³/mol. The van der Waals surface area contributed by atoms with Crippen molar-refractivity contribution in [1.29, 1.82) is 0 Å². The number of aromatic nitrogens is 2. The molecule has 0 saturated carbocycles. The molecule has 1 aromatic heterocycles. The highest BCUT2D eigenvalue weighted by atomic mass is 16.3. The molecule has 2 N–H and O–H groups in total. The van der Waals surface area contributed by atoms with E-state index in [0.717, 1.165) is 11.8 Å². The maximum absolute atomic E-state index is 12.3. The molecule has 20 heavy (non-hydrogen) atoms. The highest BCUT2D eigenvalue weighted by molar-refractivity contribution is 5.91. The molecule has 0 aliphatic rings. The molecule has 1 amide bonds. The van der Waals surface area contributed by atoms with Crippen molar-refractivity contribution in [2.24, 2.45) is 0 Å². The maximum atomic E-state index is 12.3. The molecule has 0 radical (unpaired) electrons. The third-order valence-electron chi connectivity index (χ3n) is 2.76. The molecule has 0 aliphatic carbocycles. The quantitative estimate of drug-likeness (QED) is 0.826. The molecule has 2 rings (SSSR count). The highest BCUT2D eigenvalue weighted by Gasteiger charge is 2.17. The number of carbonyl (C=O) groups is 1. The van der Waals surface area contributed by atoms with Gasteiger partial charge >= 0.3 is 0 Å². The van der Waals surface area contributed by atoms with E-state index in [0.29, 0.717) is 6.54 Å². The molecule has 0 saturated heterocycles. The van der Waals surface area contributed by atoms with Gasteiger partial charge in [-0.05, 0) is 5.56 Å². The Morgan fingerprint density at radius 1 is 1.30 bits per heavy atom. The summed E-state index contributed by atoms with van der Waals surface area (Å²) in [5.74, 6) is -0.334. The minimum Gasteiger partial charge on any atom is -0.395 e. The number of nitrogens with one attached hydrogen (secondary N) is 1. The van der Waals surface area contributed by atoms with Crippen molar-refractivity contribution in [2.45, 2.75) is 6.54 Å². The van der Waals surface area contributed by atoms with Crippen LogP contribution in [0.2, 0.25) is 0 Å². The van der Waals surface area contributed by atoms with E-state index in [9.17, 15) is 9.59 Å². The first kappa shape index (κ1) is 14.0. The van der Waals surface area contributed by atoms with E-state index >= 15 is 0 Å². The smallest absolute Gasteiger partial charge is 0.274 e. The van der Waals surface area contributed by atoms with Crippen LogP contribution in [0.1, 0.15) is 16.1 Å². The second-order valence-corrected chi connectivity index (χ2v) is 4.23. The van der Waals surface area contributed by atoms with Gasteiger partial charge in [0.15, 0.2) is 0 Å². The molecular weight excluding hydrogens is 258 g/mol. The second kappa shape index (κ2) is 6.63. The van der Waals surface area contributed by atoms with Gasteiger partial charge in [0.1, 0.15) is 5.69 Å². The number of carbonyl (C=O) groups excluding carboxylic acids is 1. The summed E-state index contributed by atoms with van der Waals surface area (Å²) in [6.45, 7) is 0.442. The zero-order valence-corrected chi connectivity index (χ0v) is 10.8. The molecule has 1 aromatic carbocycles. The van der Waals surface area contributed by atoms with Gasteiger partial charge < -0.3 is 15.0 Å². The lowest BCUT2D eigenvalue weighted by molar-refractivity contribution is 0.0701. The Labute approximate surface area is 115 Å². The van der Waals surface area contributed by atoms with Crippen LogP contribution in [0.4, 0.5) is 0 Å². The Morgan fingerprint density at radius 2 is 2.05 bits per heavy atom. The average Bonchev–Trinajstić information content (AvgIpc) is 2.48. The first-order valence-corrected chi connectivity index (χ1v) is 6.19. The van der Waals surface area contributed by atoms with Gasteiger partial charge in [-0.25, -0.2) is 4.98 Å². The van der Waals surface area contributed by atoms with Crippen molar-refractivity contribution >= 4 is 5.91 Å². The molecule has 6 nitrogen and oxygen atoms in total. The van der Waals surface area contributed by atoms with Crippen LogP contribution in [0.3, 0.4) is 0 Å². The third kappa shape index (κ3) is 3.52. The van der Waals surface area contributed by atoms with Crippen molar-refractivity contribution in [2.75, 3.05) is 13.2 Å². The van der Waals surface area contributed by atoms with Crippen molar-refractivity contribution in [3.8, 4) is 0 Å². The predicted octanol–water partition coefficient (Wildman–Crippen LogP) is 0.405. The van der Waals surface area contributed by atoms with Crippen LogP contribution in [0, 0.1) is 0 Å². The molecule has 0 aliphatic heterocycles. The lowest BCUT2D eigenvalue weighted by Gasteiger charge is -2.21. The van der Waals surface area contributed by atoms with Gasteiger partial charge in [0.2, 0.25) is 0 Å². The molecule has 1 heterocycles. The van der Waals surface area contributed by atoms with Crippen molar-refractivity contribution in [3.05, 3.63) is 64.3 Å². The molecule has 0 fully saturated rings. The summed E-state index contributed by atoms with van der Waals surface area (Å²) in [7, 11) is 0. The molecule has 0 atom stereocenters. The van der Waals surface area contributed by atoms with Crippen LogP contribution in [0.25, 0.3) is 0 Å². The second-order valence-electron chi connectivity index (χ2n) is 4.23. The number of amides is 1. The zero-order valence-electron chi connectivity index (χ0n) is 10.8. The number of rotatable bonds is 5. The van der Waals surface area contributed by atoms with Crippen LogP contribution >= 0.6 is 0 Å². The van der Waals surface area contributed by atoms with Gasteiger partial charge in [0, 0.05) is 19.3 Å². The average molecular weight is 273 g/mol.